The Kier molecular flexibility index (Phi) is 3.52. The minimum atomic E-state index is -1.05. The fraction of sp³-hybridized carbons (Fsp3) is 0.118. The van der Waals surface area contributed by atoms with Crippen LogP contribution in [-0.4, -0.2) is 19.6 Å². The number of nitrogens with zero attached hydrogens (tertiary/aromatic N) is 4. The second-order valence-electron chi connectivity index (χ2n) is 5.39. The molecule has 0 radical (unpaired) electrons. The van der Waals surface area contributed by atoms with Crippen LogP contribution >= 0.6 is 0 Å². The number of oxazole rings is 1. The molecule has 25 heavy (non-hydrogen) atoms. The van der Waals surface area contributed by atoms with Crippen molar-refractivity contribution in [3.63, 3.8) is 0 Å². The quantitative estimate of drug-likeness (QED) is 0.563. The van der Waals surface area contributed by atoms with E-state index in [-0.39, 0.29) is 11.5 Å². The van der Waals surface area contributed by atoms with E-state index in [1.807, 2.05) is 6.92 Å². The monoisotopic (exact) mass is 344 g/mol. The third-order valence-electron chi connectivity index (χ3n) is 3.86. The largest absolute Gasteiger partial charge is 0.443 e. The molecule has 0 aliphatic carbocycles. The zero-order valence-corrected chi connectivity index (χ0v) is 13.0. The fourth-order valence-corrected chi connectivity index (χ4v) is 2.71. The van der Waals surface area contributed by atoms with Crippen molar-refractivity contribution in [2.24, 2.45) is 0 Å². The van der Waals surface area contributed by atoms with E-state index in [0.29, 0.717) is 29.8 Å². The van der Waals surface area contributed by atoms with E-state index in [4.69, 9.17) is 4.42 Å². The van der Waals surface area contributed by atoms with Crippen LogP contribution in [0.5, 0.6) is 0 Å². The number of pyridine rings is 1. The molecule has 4 rings (SSSR count). The Hall–Kier alpha value is -3.16. The number of aromatic nitrogens is 4. The summed E-state index contributed by atoms with van der Waals surface area (Å²) in [5, 5.41) is 8.10. The van der Waals surface area contributed by atoms with Crippen molar-refractivity contribution < 1.29 is 17.6 Å². The van der Waals surface area contributed by atoms with Crippen molar-refractivity contribution in [1.82, 2.24) is 19.6 Å². The predicted molar refractivity (Wildman–Crippen MR) is 83.2 cm³/mol. The average Bonchev–Trinajstić information content (AvgIpc) is 3.19. The highest BCUT2D eigenvalue weighted by atomic mass is 19.1. The van der Waals surface area contributed by atoms with Gasteiger partial charge in [0.2, 0.25) is 0 Å². The van der Waals surface area contributed by atoms with Crippen LogP contribution in [0.4, 0.5) is 13.2 Å². The first kappa shape index (κ1) is 15.4. The molecule has 4 aromatic rings. The lowest BCUT2D eigenvalue weighted by atomic mass is 10.1. The van der Waals surface area contributed by atoms with Crippen molar-refractivity contribution in [1.29, 1.82) is 0 Å². The Morgan fingerprint density at radius 2 is 1.84 bits per heavy atom. The summed E-state index contributed by atoms with van der Waals surface area (Å²) in [5.41, 5.74) is 0.698. The van der Waals surface area contributed by atoms with Crippen LogP contribution < -0.4 is 0 Å². The van der Waals surface area contributed by atoms with Gasteiger partial charge < -0.3 is 4.42 Å². The molecular formula is C17H11F3N4O. The third kappa shape index (κ3) is 2.46. The number of benzene rings is 1. The second kappa shape index (κ2) is 5.73. The van der Waals surface area contributed by atoms with Crippen molar-refractivity contribution in [2.75, 3.05) is 0 Å². The summed E-state index contributed by atoms with van der Waals surface area (Å²) in [6.07, 6.45) is 3.45. The number of fused-ring (bicyclic) bond motifs is 1. The van der Waals surface area contributed by atoms with Crippen LogP contribution in [0.25, 0.3) is 28.2 Å². The lowest BCUT2D eigenvalue weighted by Crippen LogP contribution is -1.96. The first-order valence-electron chi connectivity index (χ1n) is 7.51. The minimum absolute atomic E-state index is 0.0412. The summed E-state index contributed by atoms with van der Waals surface area (Å²) in [7, 11) is 0. The molecule has 0 atom stereocenters. The van der Waals surface area contributed by atoms with Crippen molar-refractivity contribution in [3.05, 3.63) is 60.1 Å². The molecule has 3 aromatic heterocycles. The van der Waals surface area contributed by atoms with Crippen molar-refractivity contribution >= 4 is 5.65 Å². The summed E-state index contributed by atoms with van der Waals surface area (Å²) in [5.74, 6) is -2.19. The Bertz CT molecular complexity index is 1060. The van der Waals surface area contributed by atoms with Crippen LogP contribution in [-0.2, 0) is 6.42 Å². The van der Waals surface area contributed by atoms with Crippen LogP contribution in [0.1, 0.15) is 12.7 Å². The molecule has 0 aliphatic rings. The lowest BCUT2D eigenvalue weighted by Gasteiger charge is -2.06. The molecule has 3 heterocycles. The van der Waals surface area contributed by atoms with Gasteiger partial charge in [0.25, 0.3) is 0 Å². The van der Waals surface area contributed by atoms with Crippen LogP contribution in [0.15, 0.2) is 41.3 Å². The molecule has 0 N–H and O–H groups in total. The maximum absolute atomic E-state index is 14.1. The van der Waals surface area contributed by atoms with E-state index in [1.54, 1.807) is 22.7 Å². The van der Waals surface area contributed by atoms with E-state index in [2.05, 4.69) is 15.2 Å². The first-order chi connectivity index (χ1) is 12.1. The van der Waals surface area contributed by atoms with Gasteiger partial charge in [-0.15, -0.1) is 10.2 Å². The molecule has 8 heteroatoms. The minimum Gasteiger partial charge on any atom is -0.443 e. The van der Waals surface area contributed by atoms with Crippen molar-refractivity contribution in [2.45, 2.75) is 13.3 Å². The maximum Gasteiger partial charge on any atom is 0.182 e. The summed E-state index contributed by atoms with van der Waals surface area (Å²) >= 11 is 0. The standard InChI is InChI=1S/C17H11F3N4O/c1-2-13-22-23-14-4-3-9(7-24(13)14)17-16(21-8-25-17)15-11(19)5-10(18)6-12(15)20/h3-8H,2H2,1H3. The van der Waals surface area contributed by atoms with Gasteiger partial charge in [-0.05, 0) is 12.1 Å². The maximum atomic E-state index is 14.1. The highest BCUT2D eigenvalue weighted by molar-refractivity contribution is 5.77. The van der Waals surface area contributed by atoms with Gasteiger partial charge in [-0.1, -0.05) is 6.92 Å². The number of halogens is 3. The number of hydrogen-bond donors (Lipinski definition) is 0. The Labute approximate surface area is 139 Å². The van der Waals surface area contributed by atoms with Gasteiger partial charge in [0.1, 0.15) is 29.0 Å². The SMILES string of the molecule is CCc1nnc2ccc(-c3ocnc3-c3c(F)cc(F)cc3F)cn12. The van der Waals surface area contributed by atoms with Gasteiger partial charge in [-0.2, -0.15) is 0 Å². The van der Waals surface area contributed by atoms with Gasteiger partial charge in [0.15, 0.2) is 17.8 Å². The second-order valence-corrected chi connectivity index (χ2v) is 5.39. The normalized spacial score (nSPS) is 11.4. The van der Waals surface area contributed by atoms with Gasteiger partial charge in [-0.3, -0.25) is 4.40 Å². The fourth-order valence-electron chi connectivity index (χ4n) is 2.71. The third-order valence-corrected chi connectivity index (χ3v) is 3.86. The zero-order valence-electron chi connectivity index (χ0n) is 13.0. The smallest absolute Gasteiger partial charge is 0.182 e. The molecule has 0 amide bonds. The Morgan fingerprint density at radius 3 is 2.56 bits per heavy atom. The number of aryl methyl sites for hydroxylation is 1. The zero-order chi connectivity index (χ0) is 17.6. The molecule has 5 nitrogen and oxygen atoms in total. The van der Waals surface area contributed by atoms with Gasteiger partial charge >= 0.3 is 0 Å². The Balaban J connectivity index is 1.91. The van der Waals surface area contributed by atoms with Gasteiger partial charge in [0, 0.05) is 30.3 Å². The first-order valence-corrected chi connectivity index (χ1v) is 7.51. The predicted octanol–water partition coefficient (Wildman–Crippen LogP) is 4.03. The molecule has 0 fully saturated rings. The molecule has 0 saturated carbocycles. The molecule has 0 bridgehead atoms. The summed E-state index contributed by atoms with van der Waals surface area (Å²) < 4.78 is 48.5. The van der Waals surface area contributed by atoms with E-state index < -0.39 is 23.0 Å². The summed E-state index contributed by atoms with van der Waals surface area (Å²) in [4.78, 5) is 3.91. The van der Waals surface area contributed by atoms with Crippen LogP contribution in [0.3, 0.4) is 0 Å². The average molecular weight is 344 g/mol. The summed E-state index contributed by atoms with van der Waals surface area (Å²) in [6, 6.07) is 4.61. The molecular weight excluding hydrogens is 333 g/mol. The van der Waals surface area contributed by atoms with Gasteiger partial charge in [-0.25, -0.2) is 18.2 Å². The molecule has 0 spiro atoms. The van der Waals surface area contributed by atoms with Gasteiger partial charge in [0.05, 0.1) is 5.56 Å². The van der Waals surface area contributed by atoms with E-state index >= 15 is 0 Å². The van der Waals surface area contributed by atoms with E-state index in [0.717, 1.165) is 12.2 Å². The number of rotatable bonds is 3. The van der Waals surface area contributed by atoms with Crippen molar-refractivity contribution in [3.8, 4) is 22.6 Å². The van der Waals surface area contributed by atoms with E-state index in [9.17, 15) is 13.2 Å². The van der Waals surface area contributed by atoms with E-state index in [1.165, 1.54) is 0 Å². The molecule has 0 saturated heterocycles. The molecule has 0 unspecified atom stereocenters. The van der Waals surface area contributed by atoms with Crippen LogP contribution in [0.2, 0.25) is 0 Å². The highest BCUT2D eigenvalue weighted by Gasteiger charge is 2.22. The molecule has 1 aromatic carbocycles. The lowest BCUT2D eigenvalue weighted by molar-refractivity contribution is 0.546. The topological polar surface area (TPSA) is 56.2 Å². The van der Waals surface area contributed by atoms with Crippen LogP contribution in [0, 0.1) is 17.5 Å². The molecule has 0 aliphatic heterocycles. The molecule has 126 valence electrons. The number of hydrogen-bond acceptors (Lipinski definition) is 4. The summed E-state index contributed by atoms with van der Waals surface area (Å²) in [6.45, 7) is 1.94. The highest BCUT2D eigenvalue weighted by Crippen LogP contribution is 2.34. The Morgan fingerprint density at radius 1 is 1.08 bits per heavy atom.